The third kappa shape index (κ3) is 33.0. The Labute approximate surface area is 582 Å². The number of aryl methyl sites for hydroxylation is 7. The van der Waals surface area contributed by atoms with Crippen LogP contribution in [0.3, 0.4) is 0 Å². The fraction of sp³-hybridized carbons (Fsp3) is 0.346. The first kappa shape index (κ1) is 85.8. The first-order chi connectivity index (χ1) is 41.3. The zero-order valence-corrected chi connectivity index (χ0v) is 61.8. The topological polar surface area (TPSA) is 394 Å². The van der Waals surface area contributed by atoms with Crippen LogP contribution < -0.4 is 5.90 Å². The Morgan fingerprint density at radius 2 is 0.933 bits per heavy atom. The number of ether oxygens (including phenoxy) is 3. The van der Waals surface area contributed by atoms with Gasteiger partial charge in [0.2, 0.25) is 33.8 Å². The summed E-state index contributed by atoms with van der Waals surface area (Å²) in [6.45, 7) is 21.9. The van der Waals surface area contributed by atoms with Crippen molar-refractivity contribution in [3.63, 3.8) is 0 Å². The van der Waals surface area contributed by atoms with Crippen LogP contribution in [0.2, 0.25) is 10.6 Å². The summed E-state index contributed by atoms with van der Waals surface area (Å²) >= 11 is 35.5. The summed E-state index contributed by atoms with van der Waals surface area (Å²) in [5, 5.41) is 18.8. The summed E-state index contributed by atoms with van der Waals surface area (Å²) in [5.41, 5.74) is 6.15. The van der Waals surface area contributed by atoms with Crippen LogP contribution in [0.1, 0.15) is 118 Å². The van der Waals surface area contributed by atoms with Gasteiger partial charge in [0.15, 0.2) is 23.3 Å². The lowest BCUT2D eigenvalue weighted by atomic mass is 9.99. The second-order valence-corrected chi connectivity index (χ2v) is 22.4. The van der Waals surface area contributed by atoms with Gasteiger partial charge in [-0.2, -0.15) is 0 Å². The summed E-state index contributed by atoms with van der Waals surface area (Å²) < 4.78 is 24.7. The van der Waals surface area contributed by atoms with Gasteiger partial charge in [-0.25, -0.2) is 70.5 Å². The Hall–Kier alpha value is -5.30. The molecule has 0 saturated carbocycles. The molecule has 0 aliphatic heterocycles. The van der Waals surface area contributed by atoms with Crippen molar-refractivity contribution < 1.29 is 62.6 Å². The van der Waals surface area contributed by atoms with Crippen LogP contribution in [0.25, 0.3) is 11.6 Å². The molecule has 0 radical (unpaired) electrons. The van der Waals surface area contributed by atoms with Gasteiger partial charge >= 0.3 is 17.9 Å². The standard InChI is InChI=1S/C12H14BrN3O2.C12H13BrN2O4.C6H4BrClN2O.C6H5BrN2O2.C6H10O3.2C5H4BrClN2.ClH.H3NO/c1-4-17-6-9-7(2)16-18-11(9)12-14-5-10(13)8(3)15-12;1-4-19-12(18)9(7(3)16)10(17)11-14-5-8(13)6(2)15-11;1-3-4(7)2-9-6(10-3)5(8)11;1-3-4(7)2-8-5(9-3)6(10)11;1-3-9-6(8)4-5(2)7;2*1-3-4(6)2-8-5(7)9-3;;1-2/h5H,4,6H2,1-3H3;5,9H,4H2,1-3H3;2H,1H3;2H,1H3,(H,10,11);3-4H2,1-2H3;2*2H,1H3;1H;2H,1H2. The van der Waals surface area contributed by atoms with Crippen LogP contribution in [0.4, 0.5) is 0 Å². The molecule has 0 spiro atoms. The maximum Gasteiger partial charge on any atom is 0.373 e. The van der Waals surface area contributed by atoms with E-state index in [2.05, 4.69) is 171 Å². The Bertz CT molecular complexity index is 3380. The highest BCUT2D eigenvalue weighted by atomic mass is 79.9. The summed E-state index contributed by atoms with van der Waals surface area (Å²) in [6.07, 6.45) is 9.19. The van der Waals surface area contributed by atoms with Crippen LogP contribution in [-0.2, 0) is 40.0 Å². The number of hydrogen-bond donors (Lipinski definition) is 3. The monoisotopic (exact) mass is 1700 g/mol. The molecule has 89 heavy (non-hydrogen) atoms. The maximum absolute atomic E-state index is 12.1. The van der Waals surface area contributed by atoms with Crippen LogP contribution >= 0.6 is 143 Å². The van der Waals surface area contributed by atoms with Gasteiger partial charge in [-0.05, 0) is 213 Å². The number of carbonyl (C=O) groups is 7. The molecule has 0 amide bonds. The molecular weight excluding hydrogens is 1650 g/mol. The van der Waals surface area contributed by atoms with Gasteiger partial charge < -0.3 is 29.0 Å². The molecule has 7 rings (SSSR count). The highest BCUT2D eigenvalue weighted by molar-refractivity contribution is 9.11. The van der Waals surface area contributed by atoms with E-state index in [1.165, 1.54) is 25.5 Å². The fourth-order valence-corrected chi connectivity index (χ4v) is 6.84. The van der Waals surface area contributed by atoms with E-state index in [0.717, 1.165) is 53.2 Å². The van der Waals surface area contributed by atoms with E-state index in [9.17, 15) is 33.6 Å². The van der Waals surface area contributed by atoms with E-state index in [0.29, 0.717) is 57.4 Å². The van der Waals surface area contributed by atoms with Crippen LogP contribution in [0.15, 0.2) is 68.5 Å². The number of carboxylic acid groups (broad SMARTS) is 1. The number of nitrogens with zero attached hydrogens (tertiary/aromatic N) is 13. The first-order valence-electron chi connectivity index (χ1n) is 24.6. The number of aromatic nitrogens is 13. The second-order valence-electron chi connectivity index (χ2n) is 16.3. The number of Topliss-reactive ketones (excluding diaryl/α,β-unsaturated/α-hetero) is 3. The van der Waals surface area contributed by atoms with Crippen molar-refractivity contribution in [1.82, 2.24) is 65.0 Å². The smallest absolute Gasteiger partial charge is 0.373 e. The molecule has 484 valence electrons. The average molecular weight is 1710 g/mol. The van der Waals surface area contributed by atoms with Gasteiger partial charge in [-0.1, -0.05) is 5.16 Å². The van der Waals surface area contributed by atoms with Crippen molar-refractivity contribution in [2.24, 2.45) is 11.8 Å². The van der Waals surface area contributed by atoms with E-state index >= 15 is 0 Å². The van der Waals surface area contributed by atoms with E-state index in [4.69, 9.17) is 59.1 Å². The van der Waals surface area contributed by atoms with Crippen molar-refractivity contribution in [2.75, 3.05) is 19.8 Å². The lowest BCUT2D eigenvalue weighted by Crippen LogP contribution is -2.33. The number of carbonyl (C=O) groups excluding carboxylic acids is 6. The minimum absolute atomic E-state index is 0. The van der Waals surface area contributed by atoms with E-state index in [-0.39, 0.29) is 59.3 Å². The van der Waals surface area contributed by atoms with Crippen LogP contribution in [0.5, 0.6) is 0 Å². The lowest BCUT2D eigenvalue weighted by Gasteiger charge is -2.10. The van der Waals surface area contributed by atoms with Gasteiger partial charge in [0, 0.05) is 43.8 Å². The SMILES string of the molecule is CCOC(=O)C(C(C)=O)C(=O)c1ncc(Br)c(C)n1.CCOC(=O)CC(C)=O.CCOCc1c(C)noc1-c1ncc(Br)c(C)n1.Cc1nc(C(=O)Cl)ncc1Br.Cc1nc(C(=O)O)ncc1Br.Cc1nc(Cl)ncc1Br.Cc1nc(Cl)ncc1Br.Cl.NO. The summed E-state index contributed by atoms with van der Waals surface area (Å²) in [6, 6.07) is 0. The molecule has 4 N–H and O–H groups in total. The second kappa shape index (κ2) is 45.9. The summed E-state index contributed by atoms with van der Waals surface area (Å²) in [5.74, 6) is -1.12. The van der Waals surface area contributed by atoms with E-state index in [1.54, 1.807) is 53.2 Å². The number of hydrogen-bond acceptors (Lipinski definition) is 26. The molecule has 7 heterocycles. The van der Waals surface area contributed by atoms with Gasteiger partial charge in [0.05, 0.1) is 92.1 Å². The molecule has 7 aromatic rings. The molecule has 0 bridgehead atoms. The fourth-order valence-electron chi connectivity index (χ4n) is 5.25. The quantitative estimate of drug-likeness (QED) is 0.0227. The number of halogens is 10. The zero-order valence-electron chi connectivity index (χ0n) is 49.2. The Morgan fingerprint density at radius 1 is 0.551 bits per heavy atom. The first-order valence-corrected chi connectivity index (χ1v) is 30.5. The summed E-state index contributed by atoms with van der Waals surface area (Å²) in [7, 11) is 0. The highest BCUT2D eigenvalue weighted by Crippen LogP contribution is 2.26. The van der Waals surface area contributed by atoms with Crippen molar-refractivity contribution >= 4 is 183 Å². The molecule has 1 unspecified atom stereocenters. The number of carboxylic acids is 1. The number of nitrogens with two attached hydrogens (primary N) is 1. The van der Waals surface area contributed by atoms with E-state index in [1.807, 2.05) is 34.6 Å². The molecule has 7 aromatic heterocycles. The Kier molecular flexibility index (Phi) is 44.2. The lowest BCUT2D eigenvalue weighted by molar-refractivity contribution is -0.149. The summed E-state index contributed by atoms with van der Waals surface area (Å²) in [4.78, 5) is 123. The minimum Gasteiger partial charge on any atom is -0.475 e. The minimum atomic E-state index is -1.50. The third-order valence-electron chi connectivity index (χ3n) is 9.57. The van der Waals surface area contributed by atoms with Crippen molar-refractivity contribution in [3.05, 3.63) is 137 Å². The van der Waals surface area contributed by atoms with Gasteiger partial charge in [-0.15, -0.1) is 12.4 Å². The molecule has 37 heteroatoms. The highest BCUT2D eigenvalue weighted by Gasteiger charge is 2.35. The van der Waals surface area contributed by atoms with Gasteiger partial charge in [0.1, 0.15) is 12.2 Å². The predicted octanol–water partition coefficient (Wildman–Crippen LogP) is 12.4. The van der Waals surface area contributed by atoms with Gasteiger partial charge in [0.25, 0.3) is 5.24 Å². The average Bonchev–Trinajstić information content (AvgIpc) is 4.04. The third-order valence-corrected chi connectivity index (χ3v) is 14.8. The molecular formula is C52H58Br6Cl4N14O13. The number of rotatable bonds is 14. The molecule has 0 fully saturated rings. The molecule has 0 aliphatic rings. The molecule has 0 aromatic carbocycles. The number of aromatic carboxylic acids is 1. The van der Waals surface area contributed by atoms with Gasteiger partial charge in [-0.3, -0.25) is 28.8 Å². The maximum atomic E-state index is 12.1. The Morgan fingerprint density at radius 3 is 1.29 bits per heavy atom. The normalized spacial score (nSPS) is 10.0. The number of esters is 2. The van der Waals surface area contributed by atoms with Crippen molar-refractivity contribution in [2.45, 2.75) is 96.1 Å². The zero-order chi connectivity index (χ0) is 67.5. The molecule has 1 atom stereocenters. The molecule has 0 saturated heterocycles. The van der Waals surface area contributed by atoms with Crippen molar-refractivity contribution in [3.8, 4) is 11.6 Å². The van der Waals surface area contributed by atoms with Crippen molar-refractivity contribution in [1.29, 1.82) is 0 Å². The van der Waals surface area contributed by atoms with Crippen LogP contribution in [-0.4, -0.2) is 136 Å². The Balaban J connectivity index is 0. The predicted molar refractivity (Wildman–Crippen MR) is 350 cm³/mol. The molecule has 0 aliphatic carbocycles. The van der Waals surface area contributed by atoms with E-state index < -0.39 is 40.6 Å². The number of ketones is 3. The molecule has 27 nitrogen and oxygen atoms in total. The largest absolute Gasteiger partial charge is 0.475 e. The van der Waals surface area contributed by atoms with Crippen LogP contribution in [0, 0.1) is 54.4 Å².